The summed E-state index contributed by atoms with van der Waals surface area (Å²) in [7, 11) is 0. The maximum atomic E-state index is 12.4. The van der Waals surface area contributed by atoms with Crippen LogP contribution in [0.25, 0.3) is 0 Å². The van der Waals surface area contributed by atoms with Gasteiger partial charge in [0.05, 0.1) is 0 Å². The Balaban J connectivity index is 4.48. The number of hydrogen-bond donors (Lipinski definition) is 1. The fraction of sp³-hybridized carbons (Fsp3) is 0.923. The number of carbonyl (C=O) groups is 1. The Hall–Kier alpha value is -0.780. The highest BCUT2D eigenvalue weighted by atomic mass is 19.4. The fourth-order valence-corrected chi connectivity index (χ4v) is 2.21. The first-order chi connectivity index (χ1) is 8.44. The molecule has 0 saturated heterocycles. The molecule has 0 aromatic heterocycles. The van der Waals surface area contributed by atoms with E-state index in [0.717, 1.165) is 11.3 Å². The summed E-state index contributed by atoms with van der Waals surface area (Å²) in [5.74, 6) is -0.416. The van der Waals surface area contributed by atoms with Gasteiger partial charge >= 0.3 is 6.18 Å². The van der Waals surface area contributed by atoms with Gasteiger partial charge in [-0.25, -0.2) is 0 Å². The molecule has 0 rings (SSSR count). The zero-order valence-electron chi connectivity index (χ0n) is 12.2. The molecule has 1 unspecified atom stereocenters. The number of nitrogens with zero attached hydrogens (tertiary/aromatic N) is 1. The van der Waals surface area contributed by atoms with Gasteiger partial charge in [-0.05, 0) is 17.8 Å². The van der Waals surface area contributed by atoms with Gasteiger partial charge in [-0.15, -0.1) is 0 Å². The fourth-order valence-electron chi connectivity index (χ4n) is 2.21. The molecule has 0 fully saturated rings. The van der Waals surface area contributed by atoms with Gasteiger partial charge in [0.2, 0.25) is 5.91 Å². The third kappa shape index (κ3) is 9.76. The molecule has 0 heterocycles. The van der Waals surface area contributed by atoms with Crippen LogP contribution in [0.3, 0.4) is 0 Å². The van der Waals surface area contributed by atoms with E-state index in [9.17, 15) is 18.0 Å². The second-order valence-electron chi connectivity index (χ2n) is 6.29. The van der Waals surface area contributed by atoms with E-state index in [1.54, 1.807) is 0 Å². The minimum Gasteiger partial charge on any atom is -0.332 e. The Labute approximate surface area is 113 Å². The van der Waals surface area contributed by atoms with Gasteiger partial charge in [-0.3, -0.25) is 4.79 Å². The van der Waals surface area contributed by atoms with Crippen LogP contribution in [0.5, 0.6) is 0 Å². The zero-order valence-corrected chi connectivity index (χ0v) is 12.2. The van der Waals surface area contributed by atoms with E-state index in [1.165, 1.54) is 0 Å². The molecule has 114 valence electrons. The third-order valence-corrected chi connectivity index (χ3v) is 2.61. The van der Waals surface area contributed by atoms with Crippen molar-refractivity contribution in [1.82, 2.24) is 4.90 Å². The number of hydrogen-bond acceptors (Lipinski definition) is 2. The minimum absolute atomic E-state index is 0.0372. The predicted octanol–water partition coefficient (Wildman–Crippen LogP) is 2.80. The largest absolute Gasteiger partial charge is 0.406 e. The molecule has 0 radical (unpaired) electrons. The lowest BCUT2D eigenvalue weighted by Crippen LogP contribution is -2.42. The van der Waals surface area contributed by atoms with Gasteiger partial charge in [0.15, 0.2) is 0 Å². The normalized spacial score (nSPS) is 14.3. The summed E-state index contributed by atoms with van der Waals surface area (Å²) in [6.45, 7) is 6.78. The summed E-state index contributed by atoms with van der Waals surface area (Å²) < 4.78 is 37.1. The predicted molar refractivity (Wildman–Crippen MR) is 69.5 cm³/mol. The summed E-state index contributed by atoms with van der Waals surface area (Å²) in [4.78, 5) is 12.7. The molecule has 1 atom stereocenters. The van der Waals surface area contributed by atoms with Crippen molar-refractivity contribution in [2.45, 2.75) is 46.7 Å². The van der Waals surface area contributed by atoms with Gasteiger partial charge in [0.1, 0.15) is 6.54 Å². The molecule has 0 aliphatic rings. The zero-order chi connectivity index (χ0) is 15.3. The second-order valence-corrected chi connectivity index (χ2v) is 6.29. The van der Waals surface area contributed by atoms with E-state index in [1.807, 2.05) is 27.7 Å². The molecule has 0 aromatic carbocycles. The molecular formula is C13H25F3N2O. The summed E-state index contributed by atoms with van der Waals surface area (Å²) in [6, 6.07) is 0. The number of amides is 1. The van der Waals surface area contributed by atoms with Crippen LogP contribution in [0, 0.1) is 11.3 Å². The average Bonchev–Trinajstić information content (AvgIpc) is 2.11. The number of alkyl halides is 3. The smallest absolute Gasteiger partial charge is 0.332 e. The molecule has 6 heteroatoms. The van der Waals surface area contributed by atoms with Gasteiger partial charge in [0, 0.05) is 19.5 Å². The average molecular weight is 282 g/mol. The molecule has 0 aliphatic carbocycles. The Morgan fingerprint density at radius 3 is 2.16 bits per heavy atom. The highest BCUT2D eigenvalue weighted by Gasteiger charge is 2.33. The standard InChI is InChI=1S/C13H25F3N2O/c1-10(8-12(2,3)4)7-11(19)18(6-5-17)9-13(14,15)16/h10H,5-9,17H2,1-4H3. The molecule has 0 aliphatic heterocycles. The molecule has 19 heavy (non-hydrogen) atoms. The highest BCUT2D eigenvalue weighted by molar-refractivity contribution is 5.76. The third-order valence-electron chi connectivity index (χ3n) is 2.61. The summed E-state index contributed by atoms with van der Waals surface area (Å²) in [5.41, 5.74) is 5.32. The van der Waals surface area contributed by atoms with Gasteiger partial charge in [-0.2, -0.15) is 13.2 Å². The van der Waals surface area contributed by atoms with Gasteiger partial charge in [-0.1, -0.05) is 27.7 Å². The van der Waals surface area contributed by atoms with Crippen LogP contribution in [0.15, 0.2) is 0 Å². The van der Waals surface area contributed by atoms with E-state index in [4.69, 9.17) is 5.73 Å². The van der Waals surface area contributed by atoms with Crippen LogP contribution < -0.4 is 5.73 Å². The first-order valence-electron chi connectivity index (χ1n) is 6.49. The van der Waals surface area contributed by atoms with E-state index < -0.39 is 18.6 Å². The maximum Gasteiger partial charge on any atom is 0.406 e. The first-order valence-corrected chi connectivity index (χ1v) is 6.49. The van der Waals surface area contributed by atoms with Crippen LogP contribution in [0.2, 0.25) is 0 Å². The summed E-state index contributed by atoms with van der Waals surface area (Å²) in [5, 5.41) is 0. The van der Waals surface area contributed by atoms with Crippen molar-refractivity contribution >= 4 is 5.91 Å². The molecule has 1 amide bonds. The molecule has 0 spiro atoms. The van der Waals surface area contributed by atoms with E-state index in [0.29, 0.717) is 0 Å². The lowest BCUT2D eigenvalue weighted by atomic mass is 9.84. The van der Waals surface area contributed by atoms with Crippen molar-refractivity contribution in [2.75, 3.05) is 19.6 Å². The minimum atomic E-state index is -4.38. The Kier molecular flexibility index (Phi) is 6.83. The second kappa shape index (κ2) is 7.12. The van der Waals surface area contributed by atoms with E-state index >= 15 is 0 Å². The van der Waals surface area contributed by atoms with Crippen LogP contribution in [0.4, 0.5) is 13.2 Å². The van der Waals surface area contributed by atoms with Gasteiger partial charge in [0.25, 0.3) is 0 Å². The maximum absolute atomic E-state index is 12.4. The van der Waals surface area contributed by atoms with Crippen molar-refractivity contribution in [3.63, 3.8) is 0 Å². The van der Waals surface area contributed by atoms with Crippen molar-refractivity contribution in [1.29, 1.82) is 0 Å². The van der Waals surface area contributed by atoms with E-state index in [-0.39, 0.29) is 30.8 Å². The Morgan fingerprint density at radius 2 is 1.79 bits per heavy atom. The highest BCUT2D eigenvalue weighted by Crippen LogP contribution is 2.26. The monoisotopic (exact) mass is 282 g/mol. The number of nitrogens with two attached hydrogens (primary N) is 1. The quantitative estimate of drug-likeness (QED) is 0.814. The Morgan fingerprint density at radius 1 is 1.26 bits per heavy atom. The van der Waals surface area contributed by atoms with Crippen molar-refractivity contribution in [2.24, 2.45) is 17.1 Å². The first kappa shape index (κ1) is 18.2. The van der Waals surface area contributed by atoms with Gasteiger partial charge < -0.3 is 10.6 Å². The number of halogens is 3. The lowest BCUT2D eigenvalue weighted by Gasteiger charge is -2.27. The topological polar surface area (TPSA) is 46.3 Å². The van der Waals surface area contributed by atoms with Crippen molar-refractivity contribution in [3.05, 3.63) is 0 Å². The van der Waals surface area contributed by atoms with Crippen molar-refractivity contribution in [3.8, 4) is 0 Å². The van der Waals surface area contributed by atoms with Crippen molar-refractivity contribution < 1.29 is 18.0 Å². The Bertz CT molecular complexity index is 285. The number of rotatable bonds is 6. The van der Waals surface area contributed by atoms with Crippen LogP contribution >= 0.6 is 0 Å². The summed E-state index contributed by atoms with van der Waals surface area (Å²) in [6.07, 6.45) is -3.45. The van der Waals surface area contributed by atoms with Crippen LogP contribution in [-0.2, 0) is 4.79 Å². The molecule has 0 saturated carbocycles. The van der Waals surface area contributed by atoms with E-state index in [2.05, 4.69) is 0 Å². The van der Waals surface area contributed by atoms with Crippen LogP contribution in [0.1, 0.15) is 40.5 Å². The number of carbonyl (C=O) groups excluding carboxylic acids is 1. The SMILES string of the molecule is CC(CC(=O)N(CCN)CC(F)(F)F)CC(C)(C)C. The lowest BCUT2D eigenvalue weighted by molar-refractivity contribution is -0.161. The summed E-state index contributed by atoms with van der Waals surface area (Å²) >= 11 is 0. The molecule has 3 nitrogen and oxygen atoms in total. The van der Waals surface area contributed by atoms with Crippen LogP contribution in [-0.4, -0.2) is 36.6 Å². The molecule has 2 N–H and O–H groups in total. The molecular weight excluding hydrogens is 257 g/mol. The molecule has 0 aromatic rings. The molecule has 0 bridgehead atoms.